The minimum absolute atomic E-state index is 0.0654. The fraction of sp³-hybridized carbons (Fsp3) is 0.583. The molecule has 0 saturated carbocycles. The molecule has 1 aliphatic rings. The van der Waals surface area contributed by atoms with Crippen molar-refractivity contribution in [3.8, 4) is 0 Å². The minimum atomic E-state index is -3.60. The lowest BCUT2D eigenvalue weighted by atomic mass is 10.4. The summed E-state index contributed by atoms with van der Waals surface area (Å²) in [6.07, 6.45) is 3.50. The van der Waals surface area contributed by atoms with E-state index < -0.39 is 10.0 Å². The SMILES string of the molecule is Nc1ccncc1S(=O)(=O)N1CCCN(CCO)CC1. The number of β-amino-alcohol motifs (C(OH)–C–C–N with tert-alkyl or cyclic N) is 1. The van der Waals surface area contributed by atoms with Gasteiger partial charge in [0.2, 0.25) is 10.0 Å². The zero-order valence-corrected chi connectivity index (χ0v) is 12.1. The van der Waals surface area contributed by atoms with Crippen LogP contribution in [0.3, 0.4) is 0 Å². The van der Waals surface area contributed by atoms with Gasteiger partial charge in [0.15, 0.2) is 0 Å². The number of pyridine rings is 1. The second-order valence-electron chi connectivity index (χ2n) is 4.74. The summed E-state index contributed by atoms with van der Waals surface area (Å²) in [7, 11) is -3.60. The number of hydrogen-bond donors (Lipinski definition) is 2. The maximum absolute atomic E-state index is 12.6. The molecule has 0 amide bonds. The number of anilines is 1. The first kappa shape index (κ1) is 15.2. The van der Waals surface area contributed by atoms with Gasteiger partial charge in [-0.3, -0.25) is 9.88 Å². The van der Waals surface area contributed by atoms with Crippen molar-refractivity contribution in [3.05, 3.63) is 18.5 Å². The summed E-state index contributed by atoms with van der Waals surface area (Å²) in [4.78, 5) is 5.97. The van der Waals surface area contributed by atoms with Crippen molar-refractivity contribution in [2.24, 2.45) is 0 Å². The zero-order valence-electron chi connectivity index (χ0n) is 11.3. The van der Waals surface area contributed by atoms with Crippen molar-refractivity contribution in [2.75, 3.05) is 45.1 Å². The van der Waals surface area contributed by atoms with E-state index in [0.29, 0.717) is 26.2 Å². The second-order valence-corrected chi connectivity index (χ2v) is 6.64. The average Bonchev–Trinajstić information content (AvgIpc) is 2.65. The van der Waals surface area contributed by atoms with Crippen molar-refractivity contribution in [1.82, 2.24) is 14.2 Å². The number of nitrogen functional groups attached to an aromatic ring is 1. The van der Waals surface area contributed by atoms with Crippen LogP contribution in [-0.4, -0.2) is 67.0 Å². The number of nitrogens with two attached hydrogens (primary N) is 1. The van der Waals surface area contributed by atoms with Crippen LogP contribution in [0.5, 0.6) is 0 Å². The van der Waals surface area contributed by atoms with Crippen LogP contribution in [0.15, 0.2) is 23.4 Å². The molecule has 1 saturated heterocycles. The first-order valence-corrected chi connectivity index (χ1v) is 8.02. The van der Waals surface area contributed by atoms with Gasteiger partial charge in [0.05, 0.1) is 12.3 Å². The van der Waals surface area contributed by atoms with Crippen LogP contribution in [0.4, 0.5) is 5.69 Å². The summed E-state index contributed by atoms with van der Waals surface area (Å²) in [5, 5.41) is 8.95. The van der Waals surface area contributed by atoms with Gasteiger partial charge >= 0.3 is 0 Å². The maximum Gasteiger partial charge on any atom is 0.246 e. The van der Waals surface area contributed by atoms with Gasteiger partial charge in [-0.05, 0) is 19.0 Å². The molecule has 0 radical (unpaired) electrons. The van der Waals surface area contributed by atoms with E-state index in [1.807, 2.05) is 0 Å². The molecule has 20 heavy (non-hydrogen) atoms. The molecule has 0 aromatic carbocycles. The quantitative estimate of drug-likeness (QED) is 0.767. The van der Waals surface area contributed by atoms with Gasteiger partial charge in [-0.1, -0.05) is 0 Å². The summed E-state index contributed by atoms with van der Waals surface area (Å²) in [6, 6.07) is 1.49. The molecule has 2 rings (SSSR count). The smallest absolute Gasteiger partial charge is 0.246 e. The number of aliphatic hydroxyl groups excluding tert-OH is 1. The van der Waals surface area contributed by atoms with E-state index in [4.69, 9.17) is 10.8 Å². The van der Waals surface area contributed by atoms with Crippen molar-refractivity contribution < 1.29 is 13.5 Å². The Hall–Kier alpha value is -1.22. The molecule has 0 aliphatic carbocycles. The van der Waals surface area contributed by atoms with E-state index in [1.54, 1.807) is 0 Å². The van der Waals surface area contributed by atoms with Gasteiger partial charge in [-0.2, -0.15) is 4.31 Å². The molecule has 1 aromatic heterocycles. The van der Waals surface area contributed by atoms with Crippen LogP contribution in [-0.2, 0) is 10.0 Å². The highest BCUT2D eigenvalue weighted by Crippen LogP contribution is 2.21. The molecule has 3 N–H and O–H groups in total. The molecular formula is C12H20N4O3S. The normalized spacial score (nSPS) is 18.9. The largest absolute Gasteiger partial charge is 0.398 e. The van der Waals surface area contributed by atoms with E-state index in [9.17, 15) is 8.42 Å². The zero-order chi connectivity index (χ0) is 14.6. The van der Waals surface area contributed by atoms with Gasteiger partial charge in [0, 0.05) is 38.6 Å². The van der Waals surface area contributed by atoms with Gasteiger partial charge in [-0.25, -0.2) is 8.42 Å². The number of aliphatic hydroxyl groups is 1. The molecule has 2 heterocycles. The highest BCUT2D eigenvalue weighted by molar-refractivity contribution is 7.89. The Morgan fingerprint density at radius 1 is 1.30 bits per heavy atom. The molecule has 1 aromatic rings. The first-order chi connectivity index (χ1) is 9.55. The summed E-state index contributed by atoms with van der Waals surface area (Å²) < 4.78 is 26.6. The number of aromatic nitrogens is 1. The molecule has 0 atom stereocenters. The van der Waals surface area contributed by atoms with Gasteiger partial charge in [0.25, 0.3) is 0 Å². The van der Waals surface area contributed by atoms with E-state index >= 15 is 0 Å². The predicted octanol–water partition coefficient (Wildman–Crippen LogP) is -0.647. The average molecular weight is 300 g/mol. The fourth-order valence-electron chi connectivity index (χ4n) is 2.30. The Morgan fingerprint density at radius 2 is 2.10 bits per heavy atom. The molecule has 0 unspecified atom stereocenters. The predicted molar refractivity (Wildman–Crippen MR) is 75.6 cm³/mol. The van der Waals surface area contributed by atoms with E-state index in [1.165, 1.54) is 22.8 Å². The van der Waals surface area contributed by atoms with Crippen LogP contribution < -0.4 is 5.73 Å². The van der Waals surface area contributed by atoms with Crippen molar-refractivity contribution in [1.29, 1.82) is 0 Å². The first-order valence-electron chi connectivity index (χ1n) is 6.58. The molecule has 0 spiro atoms. The topological polar surface area (TPSA) is 99.8 Å². The third-order valence-electron chi connectivity index (χ3n) is 3.40. The van der Waals surface area contributed by atoms with E-state index in [-0.39, 0.29) is 17.2 Å². The summed E-state index contributed by atoms with van der Waals surface area (Å²) in [5.74, 6) is 0. The molecule has 0 bridgehead atoms. The molecular weight excluding hydrogens is 280 g/mol. The van der Waals surface area contributed by atoms with Crippen LogP contribution in [0.2, 0.25) is 0 Å². The number of nitrogens with zero attached hydrogens (tertiary/aromatic N) is 3. The molecule has 1 aliphatic heterocycles. The molecule has 1 fully saturated rings. The third-order valence-corrected chi connectivity index (χ3v) is 5.34. The molecule has 112 valence electrons. The monoisotopic (exact) mass is 300 g/mol. The molecule has 8 heteroatoms. The number of rotatable bonds is 4. The van der Waals surface area contributed by atoms with Crippen LogP contribution in [0.1, 0.15) is 6.42 Å². The highest BCUT2D eigenvalue weighted by Gasteiger charge is 2.28. The Morgan fingerprint density at radius 3 is 2.80 bits per heavy atom. The standard InChI is InChI=1S/C12H20N4O3S/c13-11-2-3-14-10-12(11)20(18,19)16-5-1-4-15(6-7-16)8-9-17/h2-3,10,17H,1,4-9H2,(H2,13,14). The van der Waals surface area contributed by atoms with E-state index in [0.717, 1.165) is 13.0 Å². The molecule has 7 nitrogen and oxygen atoms in total. The third kappa shape index (κ3) is 3.26. The van der Waals surface area contributed by atoms with E-state index in [2.05, 4.69) is 9.88 Å². The number of hydrogen-bond acceptors (Lipinski definition) is 6. The van der Waals surface area contributed by atoms with Gasteiger partial charge in [-0.15, -0.1) is 0 Å². The summed E-state index contributed by atoms with van der Waals surface area (Å²) >= 11 is 0. The van der Waals surface area contributed by atoms with Crippen LogP contribution >= 0.6 is 0 Å². The Balaban J connectivity index is 2.16. The fourth-order valence-corrected chi connectivity index (χ4v) is 3.83. The lowest BCUT2D eigenvalue weighted by molar-refractivity contribution is 0.202. The Bertz CT molecular complexity index is 549. The maximum atomic E-state index is 12.6. The minimum Gasteiger partial charge on any atom is -0.398 e. The number of sulfonamides is 1. The summed E-state index contributed by atoms with van der Waals surface area (Å²) in [5.41, 5.74) is 5.96. The van der Waals surface area contributed by atoms with Crippen LogP contribution in [0, 0.1) is 0 Å². The van der Waals surface area contributed by atoms with Gasteiger partial charge in [0.1, 0.15) is 4.90 Å². The van der Waals surface area contributed by atoms with Crippen molar-refractivity contribution in [3.63, 3.8) is 0 Å². The van der Waals surface area contributed by atoms with Crippen molar-refractivity contribution >= 4 is 15.7 Å². The van der Waals surface area contributed by atoms with Crippen molar-refractivity contribution in [2.45, 2.75) is 11.3 Å². The summed E-state index contributed by atoms with van der Waals surface area (Å²) in [6.45, 7) is 2.91. The lowest BCUT2D eigenvalue weighted by Gasteiger charge is -2.21. The van der Waals surface area contributed by atoms with Crippen LogP contribution in [0.25, 0.3) is 0 Å². The highest BCUT2D eigenvalue weighted by atomic mass is 32.2. The Labute approximate surface area is 119 Å². The second kappa shape index (κ2) is 6.49. The lowest BCUT2D eigenvalue weighted by Crippen LogP contribution is -2.36. The van der Waals surface area contributed by atoms with Gasteiger partial charge < -0.3 is 10.8 Å². The Kier molecular flexibility index (Phi) is 4.92.